The molecule has 0 radical (unpaired) electrons. The zero-order valence-electron chi connectivity index (χ0n) is 22.6. The van der Waals surface area contributed by atoms with E-state index in [1.54, 1.807) is 23.4 Å². The third kappa shape index (κ3) is 6.50. The molecule has 2 aromatic rings. The average Bonchev–Trinajstić information content (AvgIpc) is 3.41. The molecule has 9 nitrogen and oxygen atoms in total. The molecule has 1 aromatic carbocycles. The molecule has 2 aliphatic rings. The summed E-state index contributed by atoms with van der Waals surface area (Å²) < 4.78 is 5.42. The third-order valence-electron chi connectivity index (χ3n) is 7.25. The van der Waals surface area contributed by atoms with Crippen LogP contribution in [0.25, 0.3) is 0 Å². The van der Waals surface area contributed by atoms with E-state index in [1.807, 2.05) is 30.3 Å². The molecule has 1 aromatic heterocycles. The van der Waals surface area contributed by atoms with Crippen molar-refractivity contribution in [3.8, 4) is 6.19 Å². The maximum absolute atomic E-state index is 14.1. The molecule has 9 heteroatoms. The van der Waals surface area contributed by atoms with E-state index in [0.717, 1.165) is 25.1 Å². The van der Waals surface area contributed by atoms with Crippen molar-refractivity contribution in [2.75, 3.05) is 50.8 Å². The fraction of sp³-hybridized carbons (Fsp3) is 0.517. The minimum Gasteiger partial charge on any atom is -0.379 e. The lowest BCUT2D eigenvalue weighted by Crippen LogP contribution is -2.51. The lowest BCUT2D eigenvalue weighted by atomic mass is 9.87. The molecular formula is C29H38N6O3. The molecule has 38 heavy (non-hydrogen) atoms. The summed E-state index contributed by atoms with van der Waals surface area (Å²) in [7, 11) is 0. The van der Waals surface area contributed by atoms with Crippen molar-refractivity contribution in [3.05, 3.63) is 59.9 Å². The minimum atomic E-state index is -0.928. The zero-order chi connectivity index (χ0) is 27.1. The summed E-state index contributed by atoms with van der Waals surface area (Å²) in [6, 6.07) is 9.85. The second-order valence-corrected chi connectivity index (χ2v) is 10.9. The molecule has 2 aliphatic heterocycles. The molecule has 2 amide bonds. The molecule has 1 unspecified atom stereocenters. The normalized spacial score (nSPS) is 19.0. The number of ether oxygens (including phenoxy) is 1. The van der Waals surface area contributed by atoms with Crippen molar-refractivity contribution in [2.24, 2.45) is 0 Å². The highest BCUT2D eigenvalue weighted by molar-refractivity contribution is 6.04. The van der Waals surface area contributed by atoms with Gasteiger partial charge in [0.05, 0.1) is 13.2 Å². The van der Waals surface area contributed by atoms with Crippen molar-refractivity contribution < 1.29 is 14.3 Å². The van der Waals surface area contributed by atoms with Gasteiger partial charge >= 0.3 is 0 Å². The third-order valence-corrected chi connectivity index (χ3v) is 7.25. The molecular weight excluding hydrogens is 480 g/mol. The number of carbonyl (C=O) groups excluding carboxylic acids is 2. The lowest BCUT2D eigenvalue weighted by molar-refractivity contribution is -0.128. The van der Waals surface area contributed by atoms with E-state index in [4.69, 9.17) is 4.74 Å². The van der Waals surface area contributed by atoms with E-state index >= 15 is 0 Å². The molecule has 0 aliphatic carbocycles. The molecule has 1 N–H and O–H groups in total. The second-order valence-electron chi connectivity index (χ2n) is 10.9. The molecule has 2 fully saturated rings. The molecule has 2 atom stereocenters. The number of hydrogen-bond acceptors (Lipinski definition) is 7. The van der Waals surface area contributed by atoms with Crippen molar-refractivity contribution in [1.82, 2.24) is 20.1 Å². The van der Waals surface area contributed by atoms with Crippen LogP contribution < -0.4 is 10.2 Å². The van der Waals surface area contributed by atoms with E-state index in [1.165, 1.54) is 4.90 Å². The highest BCUT2D eigenvalue weighted by Crippen LogP contribution is 2.33. The number of nitrogens with zero attached hydrogens (tertiary/aromatic N) is 5. The van der Waals surface area contributed by atoms with Gasteiger partial charge in [-0.05, 0) is 42.0 Å². The van der Waals surface area contributed by atoms with Crippen LogP contribution in [0.1, 0.15) is 50.8 Å². The number of benzene rings is 1. The summed E-state index contributed by atoms with van der Waals surface area (Å²) >= 11 is 0. The Labute approximate surface area is 225 Å². The zero-order valence-corrected chi connectivity index (χ0v) is 22.6. The molecule has 2 saturated heterocycles. The Kier molecular flexibility index (Phi) is 8.97. The number of amides is 2. The van der Waals surface area contributed by atoms with Crippen molar-refractivity contribution in [3.63, 3.8) is 0 Å². The number of pyridine rings is 1. The van der Waals surface area contributed by atoms with Crippen molar-refractivity contribution in [1.29, 1.82) is 5.26 Å². The van der Waals surface area contributed by atoms with E-state index in [0.29, 0.717) is 50.5 Å². The van der Waals surface area contributed by atoms with Crippen molar-refractivity contribution >= 4 is 17.5 Å². The van der Waals surface area contributed by atoms with Gasteiger partial charge in [-0.1, -0.05) is 39.0 Å². The molecule has 202 valence electrons. The average molecular weight is 519 g/mol. The second kappa shape index (κ2) is 12.4. The molecule has 0 bridgehead atoms. The summed E-state index contributed by atoms with van der Waals surface area (Å²) in [5, 5.41) is 12.7. The first kappa shape index (κ1) is 27.6. The number of morpholine rings is 1. The Hall–Kier alpha value is -3.48. The Morgan fingerprint density at radius 3 is 2.55 bits per heavy atom. The fourth-order valence-corrected chi connectivity index (χ4v) is 5.04. The standard InChI is InChI=1S/C29H38N6O3/c1-29(2,3)23-8-10-24(11-9-23)35(28(37)25-7-5-14-34(25)21-30)26(22-6-4-12-31-20-22)27(36)32-13-15-33-16-18-38-19-17-33/h4,6,8-12,20,25-26H,5,7,13-19H2,1-3H3,(H,32,36)/t25-,26?/m1/s1. The maximum Gasteiger partial charge on any atom is 0.251 e. The quantitative estimate of drug-likeness (QED) is 0.536. The largest absolute Gasteiger partial charge is 0.379 e. The minimum absolute atomic E-state index is 0.0595. The Bertz CT molecular complexity index is 1120. The van der Waals surface area contributed by atoms with Crippen LogP contribution in [0.3, 0.4) is 0 Å². The molecule has 3 heterocycles. The summed E-state index contributed by atoms with van der Waals surface area (Å²) in [5.41, 5.74) is 2.30. The van der Waals surface area contributed by atoms with Crippen LogP contribution in [0, 0.1) is 11.5 Å². The topological polar surface area (TPSA) is 102 Å². The summed E-state index contributed by atoms with van der Waals surface area (Å²) in [5.74, 6) is -0.536. The van der Waals surface area contributed by atoms with Crippen molar-refractivity contribution in [2.45, 2.75) is 51.1 Å². The number of aromatic nitrogens is 1. The van der Waals surface area contributed by atoms with Crippen LogP contribution >= 0.6 is 0 Å². The Morgan fingerprint density at radius 1 is 1.18 bits per heavy atom. The van der Waals surface area contributed by atoms with Gasteiger partial charge < -0.3 is 10.1 Å². The maximum atomic E-state index is 14.1. The number of anilines is 1. The van der Waals surface area contributed by atoms with E-state index in [2.05, 4.69) is 42.2 Å². The van der Waals surface area contributed by atoms with Gasteiger partial charge in [0.2, 0.25) is 5.91 Å². The summed E-state index contributed by atoms with van der Waals surface area (Å²) in [6.07, 6.45) is 6.77. The van der Waals surface area contributed by atoms with Gasteiger partial charge in [0.1, 0.15) is 12.1 Å². The van der Waals surface area contributed by atoms with Gasteiger partial charge in [-0.15, -0.1) is 0 Å². The van der Waals surface area contributed by atoms with Gasteiger partial charge in [0, 0.05) is 56.4 Å². The highest BCUT2D eigenvalue weighted by Gasteiger charge is 2.40. The fourth-order valence-electron chi connectivity index (χ4n) is 5.04. The van der Waals surface area contributed by atoms with E-state index < -0.39 is 12.1 Å². The number of rotatable bonds is 8. The van der Waals surface area contributed by atoms with Gasteiger partial charge in [0.25, 0.3) is 5.91 Å². The number of hydrogen-bond donors (Lipinski definition) is 1. The van der Waals surface area contributed by atoms with Crippen LogP contribution in [0.4, 0.5) is 5.69 Å². The highest BCUT2D eigenvalue weighted by atomic mass is 16.5. The first-order chi connectivity index (χ1) is 18.3. The van der Waals surface area contributed by atoms with Gasteiger partial charge in [-0.3, -0.25) is 29.3 Å². The predicted molar refractivity (Wildman–Crippen MR) is 145 cm³/mol. The first-order valence-electron chi connectivity index (χ1n) is 13.4. The van der Waals surface area contributed by atoms with Crippen LogP contribution in [0.5, 0.6) is 0 Å². The number of nitriles is 1. The van der Waals surface area contributed by atoms with Crippen LogP contribution in [0.2, 0.25) is 0 Å². The Morgan fingerprint density at radius 2 is 1.92 bits per heavy atom. The first-order valence-corrected chi connectivity index (χ1v) is 13.4. The number of nitrogens with one attached hydrogen (secondary N) is 1. The van der Waals surface area contributed by atoms with E-state index in [-0.39, 0.29) is 17.2 Å². The van der Waals surface area contributed by atoms with Crippen LogP contribution in [-0.4, -0.2) is 78.6 Å². The summed E-state index contributed by atoms with van der Waals surface area (Å²) in [4.78, 5) is 37.6. The molecule has 4 rings (SSSR count). The smallest absolute Gasteiger partial charge is 0.251 e. The lowest BCUT2D eigenvalue weighted by Gasteiger charge is -2.35. The summed E-state index contributed by atoms with van der Waals surface area (Å²) in [6.45, 7) is 11.1. The van der Waals surface area contributed by atoms with Gasteiger partial charge in [0.15, 0.2) is 6.19 Å². The van der Waals surface area contributed by atoms with Gasteiger partial charge in [-0.2, -0.15) is 5.26 Å². The number of carbonyl (C=O) groups is 2. The van der Waals surface area contributed by atoms with Crippen LogP contribution in [-0.2, 0) is 19.7 Å². The predicted octanol–water partition coefficient (Wildman–Crippen LogP) is 2.85. The van der Waals surface area contributed by atoms with Gasteiger partial charge in [-0.25, -0.2) is 0 Å². The number of likely N-dealkylation sites (tertiary alicyclic amines) is 1. The van der Waals surface area contributed by atoms with Crippen LogP contribution in [0.15, 0.2) is 48.8 Å². The Balaban J connectivity index is 1.68. The van der Waals surface area contributed by atoms with E-state index in [9.17, 15) is 14.9 Å². The molecule has 0 spiro atoms. The molecule has 0 saturated carbocycles. The monoisotopic (exact) mass is 518 g/mol. The SMILES string of the molecule is CC(C)(C)c1ccc(N(C(=O)[C@H]2CCCN2C#N)C(C(=O)NCCN2CCOCC2)c2cccnc2)cc1.